The minimum atomic E-state index is -4.92. The molecule has 0 amide bonds. The summed E-state index contributed by atoms with van der Waals surface area (Å²) >= 11 is 0. The van der Waals surface area contributed by atoms with Crippen molar-refractivity contribution >= 4 is 15.7 Å². The third-order valence-electron chi connectivity index (χ3n) is 2.32. The van der Waals surface area contributed by atoms with E-state index in [0.29, 0.717) is 12.1 Å². The van der Waals surface area contributed by atoms with Crippen LogP contribution in [-0.2, 0) is 16.2 Å². The number of benzene rings is 1. The predicted octanol–water partition coefficient (Wildman–Crippen LogP) is 1.97. The van der Waals surface area contributed by atoms with Gasteiger partial charge in [0.05, 0.1) is 12.2 Å². The molecule has 0 radical (unpaired) electrons. The zero-order chi connectivity index (χ0) is 14.8. The summed E-state index contributed by atoms with van der Waals surface area (Å²) in [6.07, 6.45) is -4.92. The van der Waals surface area contributed by atoms with Gasteiger partial charge in [-0.05, 0) is 25.1 Å². The Balaban J connectivity index is 3.12. The van der Waals surface area contributed by atoms with Crippen molar-refractivity contribution in [3.05, 3.63) is 29.6 Å². The van der Waals surface area contributed by atoms with Crippen molar-refractivity contribution in [3.8, 4) is 0 Å². The number of alkyl halides is 3. The van der Waals surface area contributed by atoms with Gasteiger partial charge in [0.2, 0.25) is 10.0 Å². The molecular weight excluding hydrogens is 290 g/mol. The Labute approximate surface area is 107 Å². The molecule has 9 heteroatoms. The lowest BCUT2D eigenvalue weighted by Gasteiger charge is -2.14. The van der Waals surface area contributed by atoms with Crippen LogP contribution >= 0.6 is 0 Å². The van der Waals surface area contributed by atoms with Crippen LogP contribution in [0.4, 0.5) is 23.2 Å². The van der Waals surface area contributed by atoms with Crippen LogP contribution < -0.4 is 4.72 Å². The van der Waals surface area contributed by atoms with Crippen LogP contribution in [0.1, 0.15) is 12.5 Å². The SMILES string of the molecule is CC(CO)S(=O)(=O)Nc1ccc(F)c(C(F)(F)F)c1. The maximum Gasteiger partial charge on any atom is 0.419 e. The highest BCUT2D eigenvalue weighted by atomic mass is 32.2. The monoisotopic (exact) mass is 301 g/mol. The summed E-state index contributed by atoms with van der Waals surface area (Å²) in [6, 6.07) is 1.74. The van der Waals surface area contributed by atoms with E-state index in [1.165, 1.54) is 6.92 Å². The number of rotatable bonds is 4. The maximum absolute atomic E-state index is 13.0. The van der Waals surface area contributed by atoms with Crippen LogP contribution in [-0.4, -0.2) is 25.4 Å². The molecule has 1 aromatic rings. The van der Waals surface area contributed by atoms with Crippen molar-refractivity contribution in [2.75, 3.05) is 11.3 Å². The Morgan fingerprint density at radius 2 is 1.95 bits per heavy atom. The first-order chi connectivity index (χ1) is 8.58. The quantitative estimate of drug-likeness (QED) is 0.836. The standard InChI is InChI=1S/C10H11F4NO3S/c1-6(5-16)19(17,18)15-7-2-3-9(11)8(4-7)10(12,13)14/h2-4,6,15-16H,5H2,1H3. The minimum Gasteiger partial charge on any atom is -0.395 e. The fraction of sp³-hybridized carbons (Fsp3) is 0.400. The summed E-state index contributed by atoms with van der Waals surface area (Å²) < 4.78 is 75.2. The van der Waals surface area contributed by atoms with Gasteiger partial charge in [-0.2, -0.15) is 13.2 Å². The van der Waals surface area contributed by atoms with Gasteiger partial charge in [0.25, 0.3) is 0 Å². The number of aliphatic hydroxyl groups is 1. The first kappa shape index (κ1) is 15.7. The number of halogens is 4. The summed E-state index contributed by atoms with van der Waals surface area (Å²) in [4.78, 5) is 0. The van der Waals surface area contributed by atoms with Gasteiger partial charge in [-0.3, -0.25) is 4.72 Å². The van der Waals surface area contributed by atoms with E-state index in [-0.39, 0.29) is 0 Å². The van der Waals surface area contributed by atoms with Crippen molar-refractivity contribution in [2.45, 2.75) is 18.3 Å². The number of sulfonamides is 1. The highest BCUT2D eigenvalue weighted by Gasteiger charge is 2.34. The van der Waals surface area contributed by atoms with E-state index in [9.17, 15) is 26.0 Å². The molecule has 1 aromatic carbocycles. The summed E-state index contributed by atoms with van der Waals surface area (Å²) in [5, 5.41) is 7.52. The summed E-state index contributed by atoms with van der Waals surface area (Å²) in [7, 11) is -4.03. The number of hydrogen-bond donors (Lipinski definition) is 2. The number of anilines is 1. The highest BCUT2D eigenvalue weighted by Crippen LogP contribution is 2.33. The molecule has 0 heterocycles. The molecule has 1 unspecified atom stereocenters. The van der Waals surface area contributed by atoms with Crippen molar-refractivity contribution in [1.29, 1.82) is 0 Å². The molecule has 0 bridgehead atoms. The summed E-state index contributed by atoms with van der Waals surface area (Å²) in [6.45, 7) is 0.485. The van der Waals surface area contributed by atoms with Gasteiger partial charge in [-0.1, -0.05) is 0 Å². The van der Waals surface area contributed by atoms with Gasteiger partial charge in [0.15, 0.2) is 0 Å². The Bertz CT molecular complexity index is 556. The van der Waals surface area contributed by atoms with E-state index in [0.717, 1.165) is 6.07 Å². The van der Waals surface area contributed by atoms with Gasteiger partial charge in [0, 0.05) is 5.69 Å². The molecule has 0 saturated heterocycles. The molecular formula is C10H11F4NO3S. The highest BCUT2D eigenvalue weighted by molar-refractivity contribution is 7.93. The zero-order valence-corrected chi connectivity index (χ0v) is 10.5. The van der Waals surface area contributed by atoms with E-state index in [1.807, 2.05) is 4.72 Å². The molecule has 4 nitrogen and oxygen atoms in total. The molecule has 0 spiro atoms. The fourth-order valence-corrected chi connectivity index (χ4v) is 2.02. The average Bonchev–Trinajstić information content (AvgIpc) is 2.28. The second-order valence-corrected chi connectivity index (χ2v) is 5.93. The molecule has 19 heavy (non-hydrogen) atoms. The number of nitrogens with one attached hydrogen (secondary N) is 1. The number of hydrogen-bond acceptors (Lipinski definition) is 3. The predicted molar refractivity (Wildman–Crippen MR) is 60.5 cm³/mol. The van der Waals surface area contributed by atoms with Crippen LogP contribution in [0.25, 0.3) is 0 Å². The smallest absolute Gasteiger partial charge is 0.395 e. The lowest BCUT2D eigenvalue weighted by atomic mass is 10.2. The molecule has 0 saturated carbocycles. The molecule has 2 N–H and O–H groups in total. The van der Waals surface area contributed by atoms with Crippen LogP contribution in [0.3, 0.4) is 0 Å². The van der Waals surface area contributed by atoms with Gasteiger partial charge >= 0.3 is 6.18 Å². The normalized spacial score (nSPS) is 14.2. The van der Waals surface area contributed by atoms with E-state index in [1.54, 1.807) is 0 Å². The number of aliphatic hydroxyl groups excluding tert-OH is 1. The Hall–Kier alpha value is -1.35. The van der Waals surface area contributed by atoms with Gasteiger partial charge < -0.3 is 5.11 Å². The average molecular weight is 301 g/mol. The molecule has 0 aromatic heterocycles. The minimum absolute atomic E-state index is 0.358. The van der Waals surface area contributed by atoms with Crippen molar-refractivity contribution in [1.82, 2.24) is 0 Å². The largest absolute Gasteiger partial charge is 0.419 e. The van der Waals surface area contributed by atoms with Crippen LogP contribution in [0.5, 0.6) is 0 Å². The topological polar surface area (TPSA) is 66.4 Å². The van der Waals surface area contributed by atoms with Crippen molar-refractivity contribution in [3.63, 3.8) is 0 Å². The van der Waals surface area contributed by atoms with Crippen molar-refractivity contribution < 1.29 is 31.1 Å². The van der Waals surface area contributed by atoms with E-state index >= 15 is 0 Å². The Morgan fingerprint density at radius 3 is 2.42 bits per heavy atom. The first-order valence-corrected chi connectivity index (χ1v) is 6.62. The zero-order valence-electron chi connectivity index (χ0n) is 9.70. The van der Waals surface area contributed by atoms with Gasteiger partial charge in [0.1, 0.15) is 11.1 Å². The molecule has 0 aliphatic rings. The van der Waals surface area contributed by atoms with E-state index in [2.05, 4.69) is 0 Å². The maximum atomic E-state index is 13.0. The Morgan fingerprint density at radius 1 is 1.37 bits per heavy atom. The molecule has 108 valence electrons. The van der Waals surface area contributed by atoms with Crippen LogP contribution in [0.15, 0.2) is 18.2 Å². The summed E-state index contributed by atoms with van der Waals surface area (Å²) in [5.74, 6) is -1.49. The molecule has 1 atom stereocenters. The lowest BCUT2D eigenvalue weighted by molar-refractivity contribution is -0.139. The van der Waals surface area contributed by atoms with Gasteiger partial charge in [-0.15, -0.1) is 0 Å². The second kappa shape index (κ2) is 5.33. The third kappa shape index (κ3) is 3.80. The molecule has 0 aliphatic heterocycles. The summed E-state index contributed by atoms with van der Waals surface area (Å²) in [5.41, 5.74) is -1.99. The van der Waals surface area contributed by atoms with Crippen LogP contribution in [0, 0.1) is 5.82 Å². The van der Waals surface area contributed by atoms with Crippen LogP contribution in [0.2, 0.25) is 0 Å². The van der Waals surface area contributed by atoms with E-state index < -0.39 is 45.1 Å². The molecule has 0 fully saturated rings. The van der Waals surface area contributed by atoms with Crippen molar-refractivity contribution in [2.24, 2.45) is 0 Å². The lowest BCUT2D eigenvalue weighted by Crippen LogP contribution is -2.28. The third-order valence-corrected chi connectivity index (χ3v) is 4.05. The molecule has 0 aliphatic carbocycles. The van der Waals surface area contributed by atoms with E-state index in [4.69, 9.17) is 5.11 Å². The second-order valence-electron chi connectivity index (χ2n) is 3.83. The Kier molecular flexibility index (Phi) is 4.41. The van der Waals surface area contributed by atoms with Gasteiger partial charge in [-0.25, -0.2) is 12.8 Å². The molecule has 1 rings (SSSR count). The first-order valence-electron chi connectivity index (χ1n) is 5.07. The fourth-order valence-electron chi connectivity index (χ4n) is 1.17.